The van der Waals surface area contributed by atoms with Crippen LogP contribution >= 0.6 is 0 Å². The molecule has 0 amide bonds. The van der Waals surface area contributed by atoms with E-state index >= 15 is 0 Å². The van der Waals surface area contributed by atoms with Gasteiger partial charge >= 0.3 is 0 Å². The molecule has 0 bridgehead atoms. The molecule has 7 heteroatoms. The van der Waals surface area contributed by atoms with Crippen molar-refractivity contribution in [1.82, 2.24) is 24.6 Å². The molecular formula is C12H12N6O. The lowest BCUT2D eigenvalue weighted by Crippen LogP contribution is -2.01. The number of rotatable bonds is 2. The van der Waals surface area contributed by atoms with Gasteiger partial charge in [-0.15, -0.1) is 10.2 Å². The van der Waals surface area contributed by atoms with E-state index in [1.807, 2.05) is 13.0 Å². The zero-order chi connectivity index (χ0) is 13.4. The molecule has 0 atom stereocenters. The van der Waals surface area contributed by atoms with Crippen LogP contribution in [0.5, 0.6) is 5.88 Å². The first-order chi connectivity index (χ1) is 9.20. The molecule has 0 spiro atoms. The summed E-state index contributed by atoms with van der Waals surface area (Å²) in [6, 6.07) is 3.72. The lowest BCUT2D eigenvalue weighted by Gasteiger charge is -2.08. The Kier molecular flexibility index (Phi) is 2.52. The highest BCUT2D eigenvalue weighted by atomic mass is 16.5. The Labute approximate surface area is 109 Å². The third-order valence-corrected chi connectivity index (χ3v) is 2.92. The van der Waals surface area contributed by atoms with E-state index < -0.39 is 0 Å². The number of nitrogens with two attached hydrogens (primary N) is 1. The van der Waals surface area contributed by atoms with Crippen LogP contribution in [-0.2, 0) is 0 Å². The number of pyridine rings is 1. The minimum atomic E-state index is 0.350. The van der Waals surface area contributed by atoms with E-state index in [1.165, 1.54) is 6.33 Å². The quantitative estimate of drug-likeness (QED) is 0.737. The predicted octanol–water partition coefficient (Wildman–Crippen LogP) is 1.09. The molecule has 19 heavy (non-hydrogen) atoms. The van der Waals surface area contributed by atoms with Gasteiger partial charge in [0.05, 0.1) is 7.11 Å². The van der Waals surface area contributed by atoms with Gasteiger partial charge in [0, 0.05) is 29.1 Å². The summed E-state index contributed by atoms with van der Waals surface area (Å²) in [5, 5.41) is 7.93. The number of aromatic nitrogens is 5. The van der Waals surface area contributed by atoms with Crippen LogP contribution in [0.4, 0.5) is 5.95 Å². The van der Waals surface area contributed by atoms with Crippen LogP contribution in [0.25, 0.3) is 16.8 Å². The molecule has 3 heterocycles. The van der Waals surface area contributed by atoms with Crippen molar-refractivity contribution in [2.45, 2.75) is 6.92 Å². The molecule has 7 nitrogen and oxygen atoms in total. The van der Waals surface area contributed by atoms with E-state index in [4.69, 9.17) is 10.5 Å². The smallest absolute Gasteiger partial charge is 0.213 e. The monoisotopic (exact) mass is 256 g/mol. The lowest BCUT2D eigenvalue weighted by atomic mass is 10.1. The highest BCUT2D eigenvalue weighted by Crippen LogP contribution is 2.27. The SMILES string of the molecule is COc1ccc(-c2cnc(N)n3cnnc23)c(C)n1. The fourth-order valence-corrected chi connectivity index (χ4v) is 1.96. The Bertz CT molecular complexity index is 751. The van der Waals surface area contributed by atoms with Crippen molar-refractivity contribution in [3.05, 3.63) is 30.4 Å². The summed E-state index contributed by atoms with van der Waals surface area (Å²) in [5.74, 6) is 0.921. The molecule has 0 saturated heterocycles. The summed E-state index contributed by atoms with van der Waals surface area (Å²) >= 11 is 0. The Hall–Kier alpha value is -2.70. The number of fused-ring (bicyclic) bond motifs is 1. The minimum absolute atomic E-state index is 0.350. The Morgan fingerprint density at radius 3 is 2.84 bits per heavy atom. The topological polar surface area (TPSA) is 91.2 Å². The second-order valence-electron chi connectivity index (χ2n) is 4.04. The Balaban J connectivity index is 2.25. The third kappa shape index (κ3) is 1.75. The molecule has 0 radical (unpaired) electrons. The molecular weight excluding hydrogens is 244 g/mol. The molecule has 0 aromatic carbocycles. The van der Waals surface area contributed by atoms with Crippen LogP contribution in [-0.4, -0.2) is 31.7 Å². The van der Waals surface area contributed by atoms with Crippen molar-refractivity contribution in [3.63, 3.8) is 0 Å². The summed E-state index contributed by atoms with van der Waals surface area (Å²) in [6.07, 6.45) is 3.21. The molecule has 0 aliphatic carbocycles. The molecule has 3 aromatic heterocycles. The largest absolute Gasteiger partial charge is 0.481 e. The summed E-state index contributed by atoms with van der Waals surface area (Å²) < 4.78 is 6.74. The van der Waals surface area contributed by atoms with Crippen LogP contribution in [0.1, 0.15) is 5.69 Å². The van der Waals surface area contributed by atoms with Crippen molar-refractivity contribution < 1.29 is 4.74 Å². The van der Waals surface area contributed by atoms with Gasteiger partial charge in [0.25, 0.3) is 0 Å². The van der Waals surface area contributed by atoms with Crippen LogP contribution < -0.4 is 10.5 Å². The Morgan fingerprint density at radius 2 is 2.11 bits per heavy atom. The van der Waals surface area contributed by atoms with E-state index in [9.17, 15) is 0 Å². The second kappa shape index (κ2) is 4.20. The molecule has 0 fully saturated rings. The van der Waals surface area contributed by atoms with Gasteiger partial charge in [0.2, 0.25) is 11.8 Å². The number of hydrogen-bond donors (Lipinski definition) is 1. The number of aryl methyl sites for hydroxylation is 1. The first-order valence-electron chi connectivity index (χ1n) is 5.67. The number of ether oxygens (including phenoxy) is 1. The molecule has 96 valence electrons. The highest BCUT2D eigenvalue weighted by molar-refractivity contribution is 5.78. The predicted molar refractivity (Wildman–Crippen MR) is 69.7 cm³/mol. The molecule has 0 aliphatic rings. The van der Waals surface area contributed by atoms with Gasteiger partial charge in [-0.3, -0.25) is 4.40 Å². The van der Waals surface area contributed by atoms with E-state index in [-0.39, 0.29) is 0 Å². The molecule has 0 saturated carbocycles. The number of nitrogen functional groups attached to an aromatic ring is 1. The molecule has 0 unspecified atom stereocenters. The van der Waals surface area contributed by atoms with Gasteiger partial charge in [-0.2, -0.15) is 0 Å². The van der Waals surface area contributed by atoms with Gasteiger partial charge in [-0.05, 0) is 13.0 Å². The van der Waals surface area contributed by atoms with Crippen LogP contribution in [0.2, 0.25) is 0 Å². The number of nitrogens with zero attached hydrogens (tertiary/aromatic N) is 5. The Morgan fingerprint density at radius 1 is 1.26 bits per heavy atom. The van der Waals surface area contributed by atoms with Crippen molar-refractivity contribution in [2.24, 2.45) is 0 Å². The van der Waals surface area contributed by atoms with Crippen molar-refractivity contribution in [1.29, 1.82) is 0 Å². The highest BCUT2D eigenvalue weighted by Gasteiger charge is 2.12. The maximum Gasteiger partial charge on any atom is 0.213 e. The van der Waals surface area contributed by atoms with E-state index in [1.54, 1.807) is 23.8 Å². The molecule has 3 rings (SSSR count). The van der Waals surface area contributed by atoms with Gasteiger partial charge in [-0.25, -0.2) is 9.97 Å². The van der Waals surface area contributed by atoms with Crippen molar-refractivity contribution >= 4 is 11.6 Å². The molecule has 3 aromatic rings. The summed E-state index contributed by atoms with van der Waals surface area (Å²) in [6.45, 7) is 1.90. The average Bonchev–Trinajstić information content (AvgIpc) is 2.90. The summed E-state index contributed by atoms with van der Waals surface area (Å²) in [7, 11) is 1.59. The van der Waals surface area contributed by atoms with Crippen molar-refractivity contribution in [2.75, 3.05) is 12.8 Å². The maximum atomic E-state index is 5.77. The maximum absolute atomic E-state index is 5.77. The van der Waals surface area contributed by atoms with E-state index in [2.05, 4.69) is 20.2 Å². The summed E-state index contributed by atoms with van der Waals surface area (Å²) in [4.78, 5) is 8.48. The zero-order valence-electron chi connectivity index (χ0n) is 10.5. The minimum Gasteiger partial charge on any atom is -0.481 e. The first kappa shape index (κ1) is 11.4. The van der Waals surface area contributed by atoms with Crippen molar-refractivity contribution in [3.8, 4) is 17.0 Å². The fourth-order valence-electron chi connectivity index (χ4n) is 1.96. The van der Waals surface area contributed by atoms with Gasteiger partial charge < -0.3 is 10.5 Å². The lowest BCUT2D eigenvalue weighted by molar-refractivity contribution is 0.397. The van der Waals surface area contributed by atoms with Gasteiger partial charge in [0.1, 0.15) is 6.33 Å². The van der Waals surface area contributed by atoms with Gasteiger partial charge in [0.15, 0.2) is 5.65 Å². The number of hydrogen-bond acceptors (Lipinski definition) is 6. The third-order valence-electron chi connectivity index (χ3n) is 2.92. The van der Waals surface area contributed by atoms with Crippen LogP contribution in [0.15, 0.2) is 24.7 Å². The molecule has 0 aliphatic heterocycles. The van der Waals surface area contributed by atoms with Crippen LogP contribution in [0, 0.1) is 6.92 Å². The van der Waals surface area contributed by atoms with Gasteiger partial charge in [-0.1, -0.05) is 0 Å². The average molecular weight is 256 g/mol. The zero-order valence-corrected chi connectivity index (χ0v) is 10.5. The fraction of sp³-hybridized carbons (Fsp3) is 0.167. The second-order valence-corrected chi connectivity index (χ2v) is 4.04. The first-order valence-corrected chi connectivity index (χ1v) is 5.67. The number of anilines is 1. The normalized spacial score (nSPS) is 10.8. The van der Waals surface area contributed by atoms with E-state index in [0.717, 1.165) is 16.8 Å². The van der Waals surface area contributed by atoms with E-state index in [0.29, 0.717) is 17.5 Å². The standard InChI is InChI=1S/C12H12N6O/c1-7-8(3-4-10(16-7)19-2)9-5-14-12(13)18-6-15-17-11(9)18/h3-6H,1-2H3,(H2,13,14). The summed E-state index contributed by atoms with van der Waals surface area (Å²) in [5.41, 5.74) is 9.01. The number of methoxy groups -OCH3 is 1. The molecule has 2 N–H and O–H groups in total. The van der Waals surface area contributed by atoms with Crippen LogP contribution in [0.3, 0.4) is 0 Å².